The highest BCUT2D eigenvalue weighted by Crippen LogP contribution is 2.31. The first-order chi connectivity index (χ1) is 25.3. The first kappa shape index (κ1) is 40.6. The van der Waals surface area contributed by atoms with Gasteiger partial charge in [0.1, 0.15) is 17.5 Å². The Morgan fingerprint density at radius 3 is 1.93 bits per heavy atom. The van der Waals surface area contributed by atoms with Crippen molar-refractivity contribution in [3.8, 4) is 11.5 Å². The quantitative estimate of drug-likeness (QED) is 0.309. The van der Waals surface area contributed by atoms with Gasteiger partial charge in [0.2, 0.25) is 15.9 Å². The Labute approximate surface area is 306 Å². The van der Waals surface area contributed by atoms with Crippen LogP contribution >= 0.6 is 0 Å². The summed E-state index contributed by atoms with van der Waals surface area (Å²) in [5.74, 6) is -3.47. The van der Waals surface area contributed by atoms with Gasteiger partial charge < -0.3 is 30.1 Å². The highest BCUT2D eigenvalue weighted by Gasteiger charge is 2.44. The molecule has 3 fully saturated rings. The van der Waals surface area contributed by atoms with E-state index in [9.17, 15) is 44.3 Å². The van der Waals surface area contributed by atoms with E-state index in [1.807, 2.05) is 18.2 Å². The Bertz CT molecular complexity index is 1930. The molecule has 3 aromatic carbocycles. The number of carbonyl (C=O) groups is 3. The summed E-state index contributed by atoms with van der Waals surface area (Å²) in [6.45, 7) is 0.318. The van der Waals surface area contributed by atoms with Crippen LogP contribution in [0.4, 0.5) is 26.3 Å². The minimum atomic E-state index is -5.08. The van der Waals surface area contributed by atoms with Gasteiger partial charge in [0.25, 0.3) is 5.91 Å². The molecule has 2 aliphatic heterocycles. The number of piperazine rings is 1. The monoisotopic (exact) mass is 788 g/mol. The largest absolute Gasteiger partial charge is 0.573 e. The number of benzene rings is 3. The molecule has 0 bridgehead atoms. The maximum atomic E-state index is 14.2. The summed E-state index contributed by atoms with van der Waals surface area (Å²) in [5, 5.41) is 8.64. The highest BCUT2D eigenvalue weighted by molar-refractivity contribution is 7.89. The average molecular weight is 789 g/mol. The van der Waals surface area contributed by atoms with Crippen molar-refractivity contribution in [2.75, 3.05) is 32.7 Å². The Hall–Kier alpha value is -4.62. The van der Waals surface area contributed by atoms with Gasteiger partial charge in [-0.2, -0.15) is 17.5 Å². The van der Waals surface area contributed by atoms with Crippen molar-refractivity contribution in [2.24, 2.45) is 5.73 Å². The lowest BCUT2D eigenvalue weighted by molar-refractivity contribution is -0.274. The Balaban J connectivity index is 0.000000730. The van der Waals surface area contributed by atoms with Crippen LogP contribution in [-0.4, -0.2) is 109 Å². The maximum absolute atomic E-state index is 14.2. The summed E-state index contributed by atoms with van der Waals surface area (Å²) in [7, 11) is -4.19. The maximum Gasteiger partial charge on any atom is 0.573 e. The summed E-state index contributed by atoms with van der Waals surface area (Å²) in [6, 6.07) is 13.6. The predicted octanol–water partition coefficient (Wildman–Crippen LogP) is 5.16. The van der Waals surface area contributed by atoms with Gasteiger partial charge in [0, 0.05) is 44.3 Å². The van der Waals surface area contributed by atoms with Crippen molar-refractivity contribution in [1.29, 1.82) is 0 Å². The van der Waals surface area contributed by atoms with E-state index in [1.54, 1.807) is 17.0 Å². The molecule has 12 nitrogen and oxygen atoms in total. The standard InChI is InChI=1S/C33H37F3N4O6S.C2HF3O2/c34-33(35,36)46-27-9-5-22(6-10-27)31(41)39-17-18-40(30(21-39)32(42)38-15-13-25(37)14-16-38)47(43,44)29-12-8-23-19-28(11-7-24(23)20-29)45-26-3-1-2-4-26;3-2(4,5)1(6)7/h5-12,19-20,25-26,30H,1-4,13-18,21,37H2;(H,6,7). The van der Waals surface area contributed by atoms with Crippen molar-refractivity contribution < 1.29 is 63.7 Å². The Kier molecular flexibility index (Phi) is 12.3. The number of fused-ring (bicyclic) bond motifs is 1. The van der Waals surface area contributed by atoms with Crippen LogP contribution in [0.5, 0.6) is 11.5 Å². The second-order valence-corrected chi connectivity index (χ2v) is 15.0. The van der Waals surface area contributed by atoms with Gasteiger partial charge in [0.05, 0.1) is 11.0 Å². The second kappa shape index (κ2) is 16.4. The number of aliphatic carboxylic acids is 1. The first-order valence-electron chi connectivity index (χ1n) is 17.0. The van der Waals surface area contributed by atoms with Gasteiger partial charge >= 0.3 is 18.5 Å². The average Bonchev–Trinajstić information content (AvgIpc) is 3.63. The van der Waals surface area contributed by atoms with Gasteiger partial charge in [-0.15, -0.1) is 13.2 Å². The van der Waals surface area contributed by atoms with Crippen molar-refractivity contribution >= 4 is 38.6 Å². The number of amides is 2. The molecule has 19 heteroatoms. The molecule has 0 aromatic heterocycles. The number of carbonyl (C=O) groups excluding carboxylic acids is 2. The van der Waals surface area contributed by atoms with Crippen LogP contribution in [0.15, 0.2) is 65.6 Å². The molecular formula is C35H38F6N4O8S. The number of ether oxygens (including phenoxy) is 2. The third-order valence-electron chi connectivity index (χ3n) is 9.33. The molecule has 2 amide bonds. The number of hydrogen-bond donors (Lipinski definition) is 2. The lowest BCUT2D eigenvalue weighted by atomic mass is 10.0. The molecule has 3 aliphatic rings. The fourth-order valence-electron chi connectivity index (χ4n) is 6.52. The predicted molar refractivity (Wildman–Crippen MR) is 181 cm³/mol. The molecule has 1 saturated carbocycles. The molecule has 3 aromatic rings. The molecule has 54 heavy (non-hydrogen) atoms. The Morgan fingerprint density at radius 2 is 1.33 bits per heavy atom. The van der Waals surface area contributed by atoms with Crippen LogP contribution in [0.1, 0.15) is 48.9 Å². The van der Waals surface area contributed by atoms with Crippen LogP contribution < -0.4 is 15.2 Å². The molecule has 1 unspecified atom stereocenters. The highest BCUT2D eigenvalue weighted by atomic mass is 32.2. The van der Waals surface area contributed by atoms with E-state index in [2.05, 4.69) is 4.74 Å². The zero-order valence-corrected chi connectivity index (χ0v) is 29.5. The molecule has 1 atom stereocenters. The third-order valence-corrected chi connectivity index (χ3v) is 11.2. The zero-order valence-electron chi connectivity index (χ0n) is 28.7. The van der Waals surface area contributed by atoms with Gasteiger partial charge in [0.15, 0.2) is 0 Å². The van der Waals surface area contributed by atoms with E-state index in [-0.39, 0.29) is 42.2 Å². The van der Waals surface area contributed by atoms with Gasteiger partial charge in [-0.05, 0) is 97.8 Å². The molecule has 2 heterocycles. The minimum absolute atomic E-state index is 0.0213. The number of piperidine rings is 1. The number of halogens is 6. The van der Waals surface area contributed by atoms with Crippen LogP contribution in [0.3, 0.4) is 0 Å². The molecule has 294 valence electrons. The van der Waals surface area contributed by atoms with Crippen molar-refractivity contribution in [2.45, 2.75) is 74.1 Å². The Morgan fingerprint density at radius 1 is 0.759 bits per heavy atom. The normalized spacial score (nSPS) is 19.3. The summed E-state index contributed by atoms with van der Waals surface area (Å²) in [6.07, 6.45) is -4.32. The number of nitrogens with zero attached hydrogens (tertiary/aromatic N) is 3. The molecular weight excluding hydrogens is 750 g/mol. The van der Waals surface area contributed by atoms with Gasteiger partial charge in [-0.1, -0.05) is 12.1 Å². The number of sulfonamides is 1. The van der Waals surface area contributed by atoms with Gasteiger partial charge in [-0.25, -0.2) is 13.2 Å². The fraction of sp³-hybridized carbons (Fsp3) is 0.457. The van der Waals surface area contributed by atoms with E-state index in [0.717, 1.165) is 53.3 Å². The lowest BCUT2D eigenvalue weighted by Gasteiger charge is -2.42. The van der Waals surface area contributed by atoms with Crippen molar-refractivity contribution in [1.82, 2.24) is 14.1 Å². The molecule has 6 rings (SSSR count). The first-order valence-corrected chi connectivity index (χ1v) is 18.5. The molecule has 0 radical (unpaired) electrons. The van der Waals surface area contributed by atoms with E-state index >= 15 is 0 Å². The van der Waals surface area contributed by atoms with Crippen molar-refractivity contribution in [3.05, 3.63) is 66.2 Å². The van der Waals surface area contributed by atoms with Gasteiger partial charge in [-0.3, -0.25) is 9.59 Å². The number of carboxylic acids is 1. The van der Waals surface area contributed by atoms with Crippen LogP contribution in [0, 0.1) is 0 Å². The number of nitrogens with two attached hydrogens (primary N) is 1. The molecule has 3 N–H and O–H groups in total. The summed E-state index contributed by atoms with van der Waals surface area (Å²) in [5.41, 5.74) is 6.12. The van der Waals surface area contributed by atoms with E-state index in [0.29, 0.717) is 31.3 Å². The summed E-state index contributed by atoms with van der Waals surface area (Å²) in [4.78, 5) is 39.2. The molecule has 1 aliphatic carbocycles. The van der Waals surface area contributed by atoms with Crippen LogP contribution in [-0.2, 0) is 19.6 Å². The molecule has 0 spiro atoms. The summed E-state index contributed by atoms with van der Waals surface area (Å²) < 4.78 is 109. The lowest BCUT2D eigenvalue weighted by Crippen LogP contribution is -2.62. The van der Waals surface area contributed by atoms with E-state index in [1.165, 1.54) is 23.1 Å². The number of alkyl halides is 6. The second-order valence-electron chi connectivity index (χ2n) is 13.1. The molecule has 2 saturated heterocycles. The van der Waals surface area contributed by atoms with E-state index in [4.69, 9.17) is 20.4 Å². The fourth-order valence-corrected chi connectivity index (χ4v) is 8.12. The number of rotatable bonds is 7. The van der Waals surface area contributed by atoms with E-state index < -0.39 is 52.1 Å². The minimum Gasteiger partial charge on any atom is -0.490 e. The third kappa shape index (κ3) is 10.1. The SMILES string of the molecule is NC1CCN(C(=O)C2CN(C(=O)c3ccc(OC(F)(F)F)cc3)CCN2S(=O)(=O)c2ccc3cc(OC4CCCC4)ccc3c2)CC1.O=C(O)C(F)(F)F. The van der Waals surface area contributed by atoms with Crippen LogP contribution in [0.25, 0.3) is 10.8 Å². The number of likely N-dealkylation sites (tertiary alicyclic amines) is 1. The van der Waals surface area contributed by atoms with Crippen LogP contribution in [0.2, 0.25) is 0 Å². The smallest absolute Gasteiger partial charge is 0.490 e. The van der Waals surface area contributed by atoms with Crippen molar-refractivity contribution in [3.63, 3.8) is 0 Å². The topological polar surface area (TPSA) is 160 Å². The zero-order chi connectivity index (χ0) is 39.4. The number of carboxylic acid groups (broad SMARTS) is 1. The summed E-state index contributed by atoms with van der Waals surface area (Å²) >= 11 is 0. The number of hydrogen-bond acceptors (Lipinski definition) is 8.